The van der Waals surface area contributed by atoms with Gasteiger partial charge in [-0.15, -0.1) is 0 Å². The van der Waals surface area contributed by atoms with Crippen LogP contribution in [0.2, 0.25) is 0 Å². The predicted octanol–water partition coefficient (Wildman–Crippen LogP) is 2.68. The van der Waals surface area contributed by atoms with Gasteiger partial charge in [0.2, 0.25) is 5.91 Å². The Morgan fingerprint density at radius 1 is 1.10 bits per heavy atom. The van der Waals surface area contributed by atoms with Crippen molar-refractivity contribution in [2.24, 2.45) is 5.92 Å². The van der Waals surface area contributed by atoms with Gasteiger partial charge in [0, 0.05) is 13.0 Å². The Hall–Kier alpha value is -0.580. The van der Waals surface area contributed by atoms with Crippen molar-refractivity contribution in [1.82, 2.24) is 5.32 Å². The molecule has 4 nitrogen and oxygen atoms in total. The molecule has 1 heterocycles. The molecule has 1 fully saturated rings. The minimum Gasteiger partial charge on any atom is -0.356 e. The topological polar surface area (TPSA) is 63.2 Å². The summed E-state index contributed by atoms with van der Waals surface area (Å²) in [5.41, 5.74) is 0. The molecular formula is C15H29NO3S. The van der Waals surface area contributed by atoms with Gasteiger partial charge in [-0.2, -0.15) is 0 Å². The highest BCUT2D eigenvalue weighted by atomic mass is 32.2. The lowest BCUT2D eigenvalue weighted by Gasteiger charge is -2.08. The molecule has 1 saturated heterocycles. The number of sulfone groups is 1. The molecule has 0 spiro atoms. The van der Waals surface area contributed by atoms with Gasteiger partial charge in [-0.1, -0.05) is 45.4 Å². The molecule has 0 aromatic heterocycles. The van der Waals surface area contributed by atoms with Crippen molar-refractivity contribution in [3.8, 4) is 0 Å². The number of hydrogen-bond donors (Lipinski definition) is 1. The van der Waals surface area contributed by atoms with Crippen LogP contribution in [0.1, 0.15) is 64.7 Å². The van der Waals surface area contributed by atoms with Gasteiger partial charge in [-0.25, -0.2) is 8.42 Å². The maximum atomic E-state index is 11.7. The average Bonchev–Trinajstić information content (AvgIpc) is 2.72. The monoisotopic (exact) mass is 303 g/mol. The first-order chi connectivity index (χ1) is 9.53. The van der Waals surface area contributed by atoms with Crippen LogP contribution in [0.25, 0.3) is 0 Å². The highest BCUT2D eigenvalue weighted by Gasteiger charge is 2.29. The first-order valence-corrected chi connectivity index (χ1v) is 9.83. The van der Waals surface area contributed by atoms with E-state index in [0.29, 0.717) is 12.8 Å². The Morgan fingerprint density at radius 3 is 2.35 bits per heavy atom. The van der Waals surface area contributed by atoms with Crippen molar-refractivity contribution in [3.63, 3.8) is 0 Å². The van der Waals surface area contributed by atoms with E-state index >= 15 is 0 Å². The van der Waals surface area contributed by atoms with Crippen molar-refractivity contribution in [2.75, 3.05) is 18.1 Å². The summed E-state index contributed by atoms with van der Waals surface area (Å²) >= 11 is 0. The third-order valence-corrected chi connectivity index (χ3v) is 5.74. The van der Waals surface area contributed by atoms with Crippen LogP contribution in [0.3, 0.4) is 0 Å². The number of hydrogen-bond acceptors (Lipinski definition) is 3. The molecule has 0 aliphatic carbocycles. The van der Waals surface area contributed by atoms with Gasteiger partial charge in [0.15, 0.2) is 9.84 Å². The first kappa shape index (κ1) is 17.5. The zero-order valence-electron chi connectivity index (χ0n) is 12.7. The molecule has 20 heavy (non-hydrogen) atoms. The van der Waals surface area contributed by atoms with E-state index in [2.05, 4.69) is 12.2 Å². The fraction of sp³-hybridized carbons (Fsp3) is 0.933. The Balaban J connectivity index is 1.96. The van der Waals surface area contributed by atoms with Crippen LogP contribution in [0.4, 0.5) is 0 Å². The number of unbranched alkanes of at least 4 members (excludes halogenated alkanes) is 6. The molecule has 1 rings (SSSR count). The number of amides is 1. The van der Waals surface area contributed by atoms with Gasteiger partial charge < -0.3 is 5.32 Å². The number of rotatable bonds is 10. The SMILES string of the molecule is CCCCCCCCCNC(=O)CC1CCS(=O)(=O)C1. The van der Waals surface area contributed by atoms with Crippen molar-refractivity contribution >= 4 is 15.7 Å². The predicted molar refractivity (Wildman–Crippen MR) is 82.4 cm³/mol. The van der Waals surface area contributed by atoms with E-state index in [0.717, 1.165) is 13.0 Å². The van der Waals surface area contributed by atoms with Gasteiger partial charge in [-0.05, 0) is 18.8 Å². The molecule has 0 aromatic rings. The van der Waals surface area contributed by atoms with Crippen molar-refractivity contribution in [2.45, 2.75) is 64.7 Å². The van der Waals surface area contributed by atoms with Crippen LogP contribution in [-0.4, -0.2) is 32.4 Å². The second-order valence-electron chi connectivity index (χ2n) is 5.94. The lowest BCUT2D eigenvalue weighted by atomic mass is 10.0. The lowest BCUT2D eigenvalue weighted by Crippen LogP contribution is -2.26. The maximum absolute atomic E-state index is 11.7. The molecule has 1 N–H and O–H groups in total. The van der Waals surface area contributed by atoms with Gasteiger partial charge in [0.25, 0.3) is 0 Å². The van der Waals surface area contributed by atoms with Gasteiger partial charge >= 0.3 is 0 Å². The van der Waals surface area contributed by atoms with Crippen molar-refractivity contribution in [3.05, 3.63) is 0 Å². The molecule has 0 bridgehead atoms. The minimum absolute atomic E-state index is 0.0121. The lowest BCUT2D eigenvalue weighted by molar-refractivity contribution is -0.121. The Labute approximate surface area is 123 Å². The summed E-state index contributed by atoms with van der Waals surface area (Å²) in [5.74, 6) is 0.493. The largest absolute Gasteiger partial charge is 0.356 e. The second kappa shape index (κ2) is 9.37. The number of carbonyl (C=O) groups is 1. The molecule has 0 aromatic carbocycles. The Bertz CT molecular complexity index is 379. The van der Waals surface area contributed by atoms with Crippen LogP contribution in [-0.2, 0) is 14.6 Å². The smallest absolute Gasteiger partial charge is 0.220 e. The molecule has 1 aliphatic rings. The van der Waals surface area contributed by atoms with E-state index in [1.54, 1.807) is 0 Å². The summed E-state index contributed by atoms with van der Waals surface area (Å²) in [5, 5.41) is 2.91. The summed E-state index contributed by atoms with van der Waals surface area (Å²) in [4.78, 5) is 11.7. The van der Waals surface area contributed by atoms with Crippen molar-refractivity contribution in [1.29, 1.82) is 0 Å². The molecule has 0 radical (unpaired) electrons. The molecule has 1 unspecified atom stereocenters. The van der Waals surface area contributed by atoms with Crippen LogP contribution in [0.15, 0.2) is 0 Å². The molecule has 5 heteroatoms. The van der Waals surface area contributed by atoms with Crippen LogP contribution >= 0.6 is 0 Å². The second-order valence-corrected chi connectivity index (χ2v) is 8.17. The molecule has 1 amide bonds. The molecule has 1 aliphatic heterocycles. The molecule has 0 saturated carbocycles. The van der Waals surface area contributed by atoms with E-state index in [-0.39, 0.29) is 23.3 Å². The summed E-state index contributed by atoms with van der Waals surface area (Å²) in [6.07, 6.45) is 9.66. The third kappa shape index (κ3) is 7.88. The molecule has 1 atom stereocenters. The standard InChI is InChI=1S/C15H29NO3S/c1-2-3-4-5-6-7-8-10-16-15(17)12-14-9-11-20(18,19)13-14/h14H,2-13H2,1H3,(H,16,17). The van der Waals surface area contributed by atoms with E-state index in [1.807, 2.05) is 0 Å². The summed E-state index contributed by atoms with van der Waals surface area (Å²) in [6, 6.07) is 0. The summed E-state index contributed by atoms with van der Waals surface area (Å²) < 4.78 is 22.6. The van der Waals surface area contributed by atoms with E-state index in [9.17, 15) is 13.2 Å². The summed E-state index contributed by atoms with van der Waals surface area (Å²) in [7, 11) is -2.86. The maximum Gasteiger partial charge on any atom is 0.220 e. The fourth-order valence-electron chi connectivity index (χ4n) is 2.68. The van der Waals surface area contributed by atoms with E-state index in [1.165, 1.54) is 38.5 Å². The Morgan fingerprint density at radius 2 is 1.75 bits per heavy atom. The minimum atomic E-state index is -2.86. The number of nitrogens with one attached hydrogen (secondary N) is 1. The van der Waals surface area contributed by atoms with Gasteiger partial charge in [0.1, 0.15) is 0 Å². The van der Waals surface area contributed by atoms with E-state index < -0.39 is 9.84 Å². The quantitative estimate of drug-likeness (QED) is 0.631. The van der Waals surface area contributed by atoms with Crippen LogP contribution < -0.4 is 5.32 Å². The molecule has 118 valence electrons. The first-order valence-electron chi connectivity index (χ1n) is 8.00. The molecular weight excluding hydrogens is 274 g/mol. The zero-order chi connectivity index (χ0) is 14.8. The van der Waals surface area contributed by atoms with Crippen LogP contribution in [0, 0.1) is 5.92 Å². The zero-order valence-corrected chi connectivity index (χ0v) is 13.5. The van der Waals surface area contributed by atoms with Crippen molar-refractivity contribution < 1.29 is 13.2 Å². The summed E-state index contributed by atoms with van der Waals surface area (Å²) in [6.45, 7) is 2.94. The Kier molecular flexibility index (Phi) is 8.19. The highest BCUT2D eigenvalue weighted by Crippen LogP contribution is 2.21. The third-order valence-electron chi connectivity index (χ3n) is 3.90. The van der Waals surface area contributed by atoms with Crippen LogP contribution in [0.5, 0.6) is 0 Å². The number of carbonyl (C=O) groups excluding carboxylic acids is 1. The fourth-order valence-corrected chi connectivity index (χ4v) is 4.54. The van der Waals surface area contributed by atoms with Gasteiger partial charge in [0.05, 0.1) is 11.5 Å². The average molecular weight is 303 g/mol. The highest BCUT2D eigenvalue weighted by molar-refractivity contribution is 7.91. The normalized spacial score (nSPS) is 20.9. The van der Waals surface area contributed by atoms with Gasteiger partial charge in [-0.3, -0.25) is 4.79 Å². The van der Waals surface area contributed by atoms with E-state index in [4.69, 9.17) is 0 Å².